The fraction of sp³-hybridized carbons (Fsp3) is 1.00. The molecule has 3 atom stereocenters. The number of hydrogen-bond donors (Lipinski definition) is 3. The zero-order valence-corrected chi connectivity index (χ0v) is 8.20. The predicted octanol–water partition coefficient (Wildman–Crippen LogP) is 0.805. The van der Waals surface area contributed by atoms with Crippen molar-refractivity contribution < 1.29 is 14.6 Å². The molecule has 0 spiro atoms. The fourth-order valence-corrected chi connectivity index (χ4v) is 1.59. The van der Waals surface area contributed by atoms with E-state index in [-0.39, 0.29) is 0 Å². The molecule has 0 saturated carbocycles. The summed E-state index contributed by atoms with van der Waals surface area (Å²) in [5.41, 5.74) is 5.15. The quantitative estimate of drug-likeness (QED) is 0.431. The summed E-state index contributed by atoms with van der Waals surface area (Å²) in [5.74, 6) is 0.356. The Kier molecular flexibility index (Phi) is 6.48. The number of rotatable bonds is 6. The van der Waals surface area contributed by atoms with Gasteiger partial charge in [-0.3, -0.25) is 0 Å². The molecule has 0 saturated heterocycles. The smallest absolute Gasteiger partial charge is 0.379 e. The van der Waals surface area contributed by atoms with Crippen molar-refractivity contribution in [3.8, 4) is 0 Å². The van der Waals surface area contributed by atoms with E-state index in [1.165, 1.54) is 0 Å². The lowest BCUT2D eigenvalue weighted by Crippen LogP contribution is -2.19. The maximum Gasteiger partial charge on any atom is 0.505 e. The highest BCUT2D eigenvalue weighted by atomic mass is 31.1. The van der Waals surface area contributed by atoms with Crippen LogP contribution in [0.4, 0.5) is 0 Å². The second-order valence-corrected chi connectivity index (χ2v) is 4.27. The van der Waals surface area contributed by atoms with Gasteiger partial charge in [-0.25, -0.2) is 0 Å². The van der Waals surface area contributed by atoms with E-state index in [0.29, 0.717) is 18.5 Å². The molecule has 72 valence electrons. The minimum absolute atomic E-state index is 0.344. The van der Waals surface area contributed by atoms with Crippen LogP contribution < -0.4 is 5.73 Å². The van der Waals surface area contributed by atoms with Crippen LogP contribution in [0, 0.1) is 5.92 Å². The van der Waals surface area contributed by atoms with Crippen LogP contribution in [0.2, 0.25) is 0 Å². The summed E-state index contributed by atoms with van der Waals surface area (Å²) < 4.78 is 10.3. The third kappa shape index (κ3) is 8.08. The van der Waals surface area contributed by atoms with Gasteiger partial charge in [0, 0.05) is 0 Å². The van der Waals surface area contributed by atoms with E-state index >= 15 is 0 Å². The maximum absolute atomic E-state index is 10.3. The topological polar surface area (TPSA) is 83.5 Å². The van der Waals surface area contributed by atoms with Gasteiger partial charge in [0.25, 0.3) is 0 Å². The highest BCUT2D eigenvalue weighted by Crippen LogP contribution is 2.20. The third-order valence-corrected chi connectivity index (χ3v) is 2.41. The van der Waals surface area contributed by atoms with Crippen LogP contribution >= 0.6 is 8.03 Å². The second kappa shape index (κ2) is 6.49. The van der Waals surface area contributed by atoms with Gasteiger partial charge < -0.3 is 10.8 Å². The zero-order valence-electron chi connectivity index (χ0n) is 7.31. The monoisotopic (exact) mass is 194 g/mol. The van der Waals surface area contributed by atoms with Crippen LogP contribution in [-0.4, -0.2) is 22.4 Å². The summed E-state index contributed by atoms with van der Waals surface area (Å²) in [6.07, 6.45) is 1.68. The molecule has 4 nitrogen and oxygen atoms in total. The molecule has 0 fully saturated rings. The SMILES string of the molecule is CC(CCC(N)O)CC[P+](=O)O. The van der Waals surface area contributed by atoms with Crippen LogP contribution in [0.1, 0.15) is 26.2 Å². The molecule has 0 aromatic carbocycles. The van der Waals surface area contributed by atoms with Gasteiger partial charge in [-0.1, -0.05) is 6.92 Å². The van der Waals surface area contributed by atoms with Gasteiger partial charge in [-0.05, 0) is 29.7 Å². The first-order chi connectivity index (χ1) is 5.52. The summed E-state index contributed by atoms with van der Waals surface area (Å²) in [6, 6.07) is 0. The second-order valence-electron chi connectivity index (χ2n) is 3.11. The fourth-order valence-electron chi connectivity index (χ4n) is 0.930. The Morgan fingerprint density at radius 1 is 1.42 bits per heavy atom. The first-order valence-corrected chi connectivity index (χ1v) is 5.49. The van der Waals surface area contributed by atoms with Crippen LogP contribution in [0.3, 0.4) is 0 Å². The van der Waals surface area contributed by atoms with Crippen molar-refractivity contribution in [2.45, 2.75) is 32.4 Å². The van der Waals surface area contributed by atoms with Crippen molar-refractivity contribution in [1.29, 1.82) is 0 Å². The Hall–Kier alpha value is -0.0200. The molecular weight excluding hydrogens is 177 g/mol. The average molecular weight is 194 g/mol. The third-order valence-electron chi connectivity index (χ3n) is 1.77. The molecule has 0 aromatic heterocycles. The van der Waals surface area contributed by atoms with Crippen LogP contribution in [-0.2, 0) is 4.57 Å². The Morgan fingerprint density at radius 3 is 2.42 bits per heavy atom. The Labute approximate surface area is 73.6 Å². The van der Waals surface area contributed by atoms with Crippen molar-refractivity contribution in [2.24, 2.45) is 11.7 Å². The average Bonchev–Trinajstić information content (AvgIpc) is 1.96. The zero-order chi connectivity index (χ0) is 9.56. The van der Waals surface area contributed by atoms with Crippen LogP contribution in [0.15, 0.2) is 0 Å². The molecule has 3 unspecified atom stereocenters. The summed E-state index contributed by atoms with van der Waals surface area (Å²) in [5, 5.41) is 8.75. The van der Waals surface area contributed by atoms with Gasteiger partial charge in [0.2, 0.25) is 0 Å². The van der Waals surface area contributed by atoms with Crippen LogP contribution in [0.5, 0.6) is 0 Å². The number of nitrogens with two attached hydrogens (primary N) is 1. The lowest BCUT2D eigenvalue weighted by atomic mass is 10.0. The summed E-state index contributed by atoms with van der Waals surface area (Å²) in [4.78, 5) is 8.51. The molecular formula is C7H17NO3P+. The van der Waals surface area contributed by atoms with Gasteiger partial charge in [0.15, 0.2) is 6.16 Å². The van der Waals surface area contributed by atoms with E-state index < -0.39 is 14.3 Å². The molecule has 0 bridgehead atoms. The van der Waals surface area contributed by atoms with Crippen molar-refractivity contribution in [1.82, 2.24) is 0 Å². The molecule has 0 radical (unpaired) electrons. The van der Waals surface area contributed by atoms with E-state index in [1.54, 1.807) is 0 Å². The molecule has 0 rings (SSSR count). The molecule has 0 aliphatic heterocycles. The van der Waals surface area contributed by atoms with Crippen molar-refractivity contribution in [3.05, 3.63) is 0 Å². The molecule has 4 N–H and O–H groups in total. The lowest BCUT2D eigenvalue weighted by molar-refractivity contribution is 0.162. The minimum atomic E-state index is -2.00. The highest BCUT2D eigenvalue weighted by Gasteiger charge is 2.13. The summed E-state index contributed by atoms with van der Waals surface area (Å²) in [7, 11) is -2.00. The molecule has 0 aromatic rings. The molecule has 0 amide bonds. The number of hydrogen-bond acceptors (Lipinski definition) is 3. The Balaban J connectivity index is 3.33. The van der Waals surface area contributed by atoms with Crippen LogP contribution in [0.25, 0.3) is 0 Å². The minimum Gasteiger partial charge on any atom is -0.379 e. The first-order valence-electron chi connectivity index (χ1n) is 4.09. The molecule has 5 heteroatoms. The molecule has 12 heavy (non-hydrogen) atoms. The van der Waals surface area contributed by atoms with E-state index in [0.717, 1.165) is 12.8 Å². The number of aliphatic hydroxyl groups is 1. The van der Waals surface area contributed by atoms with Crippen molar-refractivity contribution >= 4 is 8.03 Å². The summed E-state index contributed by atoms with van der Waals surface area (Å²) >= 11 is 0. The Bertz CT molecular complexity index is 141. The van der Waals surface area contributed by atoms with E-state index in [1.807, 2.05) is 6.92 Å². The largest absolute Gasteiger partial charge is 0.505 e. The van der Waals surface area contributed by atoms with Crippen molar-refractivity contribution in [2.75, 3.05) is 6.16 Å². The van der Waals surface area contributed by atoms with E-state index in [4.69, 9.17) is 15.7 Å². The van der Waals surface area contributed by atoms with Gasteiger partial charge in [0.1, 0.15) is 6.23 Å². The molecule has 0 heterocycles. The maximum atomic E-state index is 10.3. The van der Waals surface area contributed by atoms with E-state index in [2.05, 4.69) is 0 Å². The normalized spacial score (nSPS) is 17.2. The predicted molar refractivity (Wildman–Crippen MR) is 47.9 cm³/mol. The van der Waals surface area contributed by atoms with Gasteiger partial charge >= 0.3 is 8.03 Å². The van der Waals surface area contributed by atoms with Crippen molar-refractivity contribution in [3.63, 3.8) is 0 Å². The standard InChI is InChI=1S/C7H16NO3P/c1-6(2-3-7(8)9)4-5-12(10)11/h6-7,9H,2-5,8H2,1H3/p+1. The lowest BCUT2D eigenvalue weighted by Gasteiger charge is -2.08. The number of aliphatic hydroxyl groups excluding tert-OH is 1. The first kappa shape index (κ1) is 12.0. The highest BCUT2D eigenvalue weighted by molar-refractivity contribution is 7.37. The summed E-state index contributed by atoms with van der Waals surface area (Å²) in [6.45, 7) is 1.99. The van der Waals surface area contributed by atoms with E-state index in [9.17, 15) is 4.57 Å². The van der Waals surface area contributed by atoms with Gasteiger partial charge in [0.05, 0.1) is 0 Å². The Morgan fingerprint density at radius 2 is 2.00 bits per heavy atom. The molecule has 0 aliphatic rings. The van der Waals surface area contributed by atoms with Gasteiger partial charge in [-0.15, -0.1) is 0 Å². The van der Waals surface area contributed by atoms with Gasteiger partial charge in [-0.2, -0.15) is 4.89 Å². The molecule has 0 aliphatic carbocycles.